The fourth-order valence-corrected chi connectivity index (χ4v) is 1.99. The average Bonchev–Trinajstić information content (AvgIpc) is 3.02. The summed E-state index contributed by atoms with van der Waals surface area (Å²) in [6, 6.07) is 16.1. The van der Waals surface area contributed by atoms with Crippen molar-refractivity contribution < 1.29 is 4.79 Å². The lowest BCUT2D eigenvalue weighted by molar-refractivity contribution is 0.102. The number of benzene rings is 2. The minimum absolute atomic E-state index is 0.174. The third-order valence-corrected chi connectivity index (χ3v) is 3.05. The molecule has 0 fully saturated rings. The monoisotopic (exact) mass is 278 g/mol. The number of aromatic nitrogens is 2. The Morgan fingerprint density at radius 2 is 1.90 bits per heavy atom. The van der Waals surface area contributed by atoms with Gasteiger partial charge in [0.25, 0.3) is 5.91 Å². The molecule has 21 heavy (non-hydrogen) atoms. The molecule has 3 N–H and O–H groups in total. The maximum Gasteiger partial charge on any atom is 0.255 e. The minimum Gasteiger partial charge on any atom is -0.399 e. The molecule has 0 aliphatic heterocycles. The molecule has 5 heteroatoms. The highest BCUT2D eigenvalue weighted by Gasteiger charge is 2.06. The van der Waals surface area contributed by atoms with Crippen molar-refractivity contribution in [2.24, 2.45) is 0 Å². The summed E-state index contributed by atoms with van der Waals surface area (Å²) in [6.07, 6.45) is 3.56. The largest absolute Gasteiger partial charge is 0.399 e. The molecule has 0 saturated carbocycles. The molecule has 0 unspecified atom stereocenters. The van der Waals surface area contributed by atoms with E-state index < -0.39 is 0 Å². The topological polar surface area (TPSA) is 72.9 Å². The van der Waals surface area contributed by atoms with Gasteiger partial charge in [-0.05, 0) is 48.5 Å². The molecule has 2 aromatic carbocycles. The van der Waals surface area contributed by atoms with Crippen molar-refractivity contribution >= 4 is 17.3 Å². The number of nitrogens with zero attached hydrogens (tertiary/aromatic N) is 2. The third-order valence-electron chi connectivity index (χ3n) is 3.05. The fraction of sp³-hybridized carbons (Fsp3) is 0. The van der Waals surface area contributed by atoms with Crippen LogP contribution in [0.25, 0.3) is 5.69 Å². The summed E-state index contributed by atoms with van der Waals surface area (Å²) in [5, 5.41) is 7.02. The number of rotatable bonds is 3. The number of hydrogen-bond donors (Lipinski definition) is 2. The van der Waals surface area contributed by atoms with Crippen LogP contribution in [0.1, 0.15) is 10.4 Å². The van der Waals surface area contributed by atoms with E-state index in [1.807, 2.05) is 36.5 Å². The van der Waals surface area contributed by atoms with Crippen molar-refractivity contribution in [3.8, 4) is 5.69 Å². The van der Waals surface area contributed by atoms with Crippen LogP contribution in [0.15, 0.2) is 67.0 Å². The summed E-state index contributed by atoms with van der Waals surface area (Å²) in [5.74, 6) is -0.174. The van der Waals surface area contributed by atoms with Crippen LogP contribution >= 0.6 is 0 Å². The minimum atomic E-state index is -0.174. The number of nitrogens with two attached hydrogens (primary N) is 1. The van der Waals surface area contributed by atoms with Gasteiger partial charge < -0.3 is 11.1 Å². The van der Waals surface area contributed by atoms with Crippen LogP contribution < -0.4 is 11.1 Å². The van der Waals surface area contributed by atoms with Gasteiger partial charge in [0.2, 0.25) is 0 Å². The molecule has 1 heterocycles. The first-order valence-corrected chi connectivity index (χ1v) is 6.49. The zero-order valence-corrected chi connectivity index (χ0v) is 11.2. The maximum absolute atomic E-state index is 12.1. The molecule has 1 amide bonds. The number of amides is 1. The van der Waals surface area contributed by atoms with E-state index in [2.05, 4.69) is 10.4 Å². The molecule has 0 radical (unpaired) electrons. The van der Waals surface area contributed by atoms with Gasteiger partial charge in [-0.25, -0.2) is 4.68 Å². The second kappa shape index (κ2) is 5.50. The van der Waals surface area contributed by atoms with Gasteiger partial charge in [-0.15, -0.1) is 0 Å². The van der Waals surface area contributed by atoms with Gasteiger partial charge in [-0.3, -0.25) is 4.79 Å². The molecule has 0 spiro atoms. The molecule has 104 valence electrons. The molecule has 1 aromatic heterocycles. The van der Waals surface area contributed by atoms with Crippen molar-refractivity contribution in [2.75, 3.05) is 11.1 Å². The van der Waals surface area contributed by atoms with Crippen LogP contribution in [-0.4, -0.2) is 15.7 Å². The quantitative estimate of drug-likeness (QED) is 0.723. The number of carbonyl (C=O) groups excluding carboxylic acids is 1. The Hall–Kier alpha value is -3.08. The van der Waals surface area contributed by atoms with Gasteiger partial charge in [0.1, 0.15) is 0 Å². The second-order valence-electron chi connectivity index (χ2n) is 4.58. The predicted molar refractivity (Wildman–Crippen MR) is 82.4 cm³/mol. The third kappa shape index (κ3) is 2.92. The first-order valence-electron chi connectivity index (χ1n) is 6.49. The zero-order valence-electron chi connectivity index (χ0n) is 11.2. The highest BCUT2D eigenvalue weighted by molar-refractivity contribution is 6.04. The van der Waals surface area contributed by atoms with Crippen molar-refractivity contribution in [1.29, 1.82) is 0 Å². The van der Waals surface area contributed by atoms with Gasteiger partial charge >= 0.3 is 0 Å². The van der Waals surface area contributed by atoms with E-state index in [9.17, 15) is 4.79 Å². The van der Waals surface area contributed by atoms with E-state index in [-0.39, 0.29) is 5.91 Å². The molecule has 3 aromatic rings. The van der Waals surface area contributed by atoms with E-state index in [0.29, 0.717) is 16.9 Å². The van der Waals surface area contributed by atoms with E-state index >= 15 is 0 Å². The van der Waals surface area contributed by atoms with Crippen LogP contribution in [0.4, 0.5) is 11.4 Å². The Balaban J connectivity index is 1.80. The van der Waals surface area contributed by atoms with Crippen molar-refractivity contribution in [1.82, 2.24) is 9.78 Å². The molecule has 0 atom stereocenters. The predicted octanol–water partition coefficient (Wildman–Crippen LogP) is 2.71. The Bertz CT molecular complexity index is 748. The van der Waals surface area contributed by atoms with Gasteiger partial charge in [-0.2, -0.15) is 5.10 Å². The summed E-state index contributed by atoms with van der Waals surface area (Å²) in [7, 11) is 0. The van der Waals surface area contributed by atoms with E-state index in [1.54, 1.807) is 35.1 Å². The SMILES string of the molecule is Nc1ccc(C(=O)Nc2cccc(-n3cccn3)c2)cc1. The number of nitrogen functional groups attached to an aromatic ring is 1. The van der Waals surface area contributed by atoms with Crippen LogP contribution in [0.5, 0.6) is 0 Å². The molecular weight excluding hydrogens is 264 g/mol. The Morgan fingerprint density at radius 3 is 2.62 bits per heavy atom. The summed E-state index contributed by atoms with van der Waals surface area (Å²) in [6.45, 7) is 0. The van der Waals surface area contributed by atoms with Crippen molar-refractivity contribution in [3.05, 3.63) is 72.6 Å². The van der Waals surface area contributed by atoms with Gasteiger partial charge in [-0.1, -0.05) is 6.07 Å². The zero-order chi connectivity index (χ0) is 14.7. The van der Waals surface area contributed by atoms with E-state index in [4.69, 9.17) is 5.73 Å². The van der Waals surface area contributed by atoms with Gasteiger partial charge in [0.15, 0.2) is 0 Å². The molecule has 5 nitrogen and oxygen atoms in total. The van der Waals surface area contributed by atoms with Crippen LogP contribution in [0, 0.1) is 0 Å². The van der Waals surface area contributed by atoms with Crippen LogP contribution in [0.3, 0.4) is 0 Å². The Labute approximate surface area is 122 Å². The lowest BCUT2D eigenvalue weighted by Crippen LogP contribution is -2.12. The van der Waals surface area contributed by atoms with Crippen LogP contribution in [-0.2, 0) is 0 Å². The Morgan fingerprint density at radius 1 is 1.10 bits per heavy atom. The van der Waals surface area contributed by atoms with Crippen molar-refractivity contribution in [2.45, 2.75) is 0 Å². The number of carbonyl (C=O) groups is 1. The van der Waals surface area contributed by atoms with Gasteiger partial charge in [0, 0.05) is 29.3 Å². The summed E-state index contributed by atoms with van der Waals surface area (Å²) < 4.78 is 1.73. The lowest BCUT2D eigenvalue weighted by atomic mass is 10.2. The molecule has 0 aliphatic carbocycles. The summed E-state index contributed by atoms with van der Waals surface area (Å²) in [4.78, 5) is 12.1. The number of nitrogens with one attached hydrogen (secondary N) is 1. The van der Waals surface area contributed by atoms with Crippen LogP contribution in [0.2, 0.25) is 0 Å². The molecule has 0 saturated heterocycles. The normalized spacial score (nSPS) is 10.3. The van der Waals surface area contributed by atoms with E-state index in [0.717, 1.165) is 5.69 Å². The maximum atomic E-state index is 12.1. The summed E-state index contributed by atoms with van der Waals surface area (Å²) >= 11 is 0. The smallest absolute Gasteiger partial charge is 0.255 e. The highest BCUT2D eigenvalue weighted by atomic mass is 16.1. The highest BCUT2D eigenvalue weighted by Crippen LogP contribution is 2.15. The lowest BCUT2D eigenvalue weighted by Gasteiger charge is -2.08. The first kappa shape index (κ1) is 12.9. The fourth-order valence-electron chi connectivity index (χ4n) is 1.99. The Kier molecular flexibility index (Phi) is 3.39. The first-order chi connectivity index (χ1) is 10.2. The molecule has 0 bridgehead atoms. The average molecular weight is 278 g/mol. The molecule has 0 aliphatic rings. The molecule has 3 rings (SSSR count). The van der Waals surface area contributed by atoms with E-state index in [1.165, 1.54) is 0 Å². The molecular formula is C16H14N4O. The number of hydrogen-bond acceptors (Lipinski definition) is 3. The van der Waals surface area contributed by atoms with Gasteiger partial charge in [0.05, 0.1) is 5.69 Å². The standard InChI is InChI=1S/C16H14N4O/c17-13-7-5-12(6-8-13)16(21)19-14-3-1-4-15(11-14)20-10-2-9-18-20/h1-11H,17H2,(H,19,21). The van der Waals surface area contributed by atoms with Crippen molar-refractivity contribution in [3.63, 3.8) is 0 Å². The summed E-state index contributed by atoms with van der Waals surface area (Å²) in [5.41, 5.74) is 8.40. The number of anilines is 2. The second-order valence-corrected chi connectivity index (χ2v) is 4.58.